The largest absolute Gasteiger partial charge is 0.486 e. The van der Waals surface area contributed by atoms with Crippen LogP contribution in [-0.2, 0) is 15.1 Å². The van der Waals surface area contributed by atoms with Gasteiger partial charge in [0.1, 0.15) is 19.8 Å². The third kappa shape index (κ3) is 4.07. The number of fused-ring (bicyclic) bond motifs is 1. The fourth-order valence-corrected chi connectivity index (χ4v) is 4.50. The maximum atomic E-state index is 13.7. The van der Waals surface area contributed by atoms with Crippen molar-refractivity contribution in [2.75, 3.05) is 19.8 Å². The zero-order valence-electron chi connectivity index (χ0n) is 19.2. The molecule has 0 saturated carbocycles. The SMILES string of the molecule is C[C@@H](NC(=O)CN1C(=O)NC(c2ccccc2)(c2ccccc2)C1=O)c1ccc2c(c1)OCCO2. The van der Waals surface area contributed by atoms with E-state index in [1.807, 2.05) is 55.5 Å². The van der Waals surface area contributed by atoms with Crippen molar-refractivity contribution in [2.45, 2.75) is 18.5 Å². The number of amides is 4. The molecular formula is C27H25N3O5. The predicted molar refractivity (Wildman–Crippen MR) is 128 cm³/mol. The zero-order valence-corrected chi connectivity index (χ0v) is 19.2. The Labute approximate surface area is 202 Å². The fourth-order valence-electron chi connectivity index (χ4n) is 4.50. The van der Waals surface area contributed by atoms with Gasteiger partial charge in [0.2, 0.25) is 5.91 Å². The van der Waals surface area contributed by atoms with E-state index < -0.39 is 29.9 Å². The summed E-state index contributed by atoms with van der Waals surface area (Å²) >= 11 is 0. The molecule has 2 N–H and O–H groups in total. The molecule has 4 amide bonds. The summed E-state index contributed by atoms with van der Waals surface area (Å²) in [4.78, 5) is 40.6. The van der Waals surface area contributed by atoms with Gasteiger partial charge in [-0.05, 0) is 35.7 Å². The Bertz CT molecular complexity index is 1220. The summed E-state index contributed by atoms with van der Waals surface area (Å²) < 4.78 is 11.2. The van der Waals surface area contributed by atoms with Crippen molar-refractivity contribution in [1.29, 1.82) is 0 Å². The number of carbonyl (C=O) groups is 3. The van der Waals surface area contributed by atoms with Gasteiger partial charge in [0, 0.05) is 0 Å². The van der Waals surface area contributed by atoms with Gasteiger partial charge in [0.05, 0.1) is 6.04 Å². The number of benzene rings is 3. The van der Waals surface area contributed by atoms with Gasteiger partial charge in [0.15, 0.2) is 17.0 Å². The number of rotatable bonds is 6. The van der Waals surface area contributed by atoms with Crippen LogP contribution < -0.4 is 20.1 Å². The zero-order chi connectivity index (χ0) is 24.4. The van der Waals surface area contributed by atoms with E-state index in [0.29, 0.717) is 35.8 Å². The molecule has 3 aromatic carbocycles. The average molecular weight is 472 g/mol. The summed E-state index contributed by atoms with van der Waals surface area (Å²) in [5, 5.41) is 5.72. The van der Waals surface area contributed by atoms with E-state index in [-0.39, 0.29) is 6.04 Å². The van der Waals surface area contributed by atoms with Gasteiger partial charge >= 0.3 is 6.03 Å². The Morgan fingerprint density at radius 3 is 2.17 bits per heavy atom. The minimum Gasteiger partial charge on any atom is -0.486 e. The molecule has 2 aliphatic heterocycles. The number of imide groups is 1. The van der Waals surface area contributed by atoms with Crippen LogP contribution in [0.1, 0.15) is 29.7 Å². The van der Waals surface area contributed by atoms with E-state index in [1.165, 1.54) is 0 Å². The summed E-state index contributed by atoms with van der Waals surface area (Å²) in [6.07, 6.45) is 0. The van der Waals surface area contributed by atoms with Crippen LogP contribution in [0.25, 0.3) is 0 Å². The highest BCUT2D eigenvalue weighted by atomic mass is 16.6. The third-order valence-corrected chi connectivity index (χ3v) is 6.26. The first-order valence-electron chi connectivity index (χ1n) is 11.4. The highest BCUT2D eigenvalue weighted by molar-refractivity contribution is 6.11. The topological polar surface area (TPSA) is 97.0 Å². The van der Waals surface area contributed by atoms with Gasteiger partial charge < -0.3 is 20.1 Å². The van der Waals surface area contributed by atoms with Gasteiger partial charge in [-0.1, -0.05) is 66.7 Å². The standard InChI is InChI=1S/C27H25N3O5/c1-18(19-12-13-22-23(16-19)35-15-14-34-22)28-24(31)17-30-25(32)27(29-26(30)33,20-8-4-2-5-9-20)21-10-6-3-7-11-21/h2-13,16,18H,14-15,17H2,1H3,(H,28,31)(H,29,33)/t18-/m1/s1. The Morgan fingerprint density at radius 2 is 1.54 bits per heavy atom. The summed E-state index contributed by atoms with van der Waals surface area (Å²) in [7, 11) is 0. The molecule has 0 radical (unpaired) electrons. The molecule has 1 saturated heterocycles. The molecule has 1 atom stereocenters. The first-order chi connectivity index (χ1) is 17.0. The molecule has 5 rings (SSSR count). The number of ether oxygens (including phenoxy) is 2. The summed E-state index contributed by atoms with van der Waals surface area (Å²) in [5.41, 5.74) is 0.665. The molecule has 0 spiro atoms. The lowest BCUT2D eigenvalue weighted by Gasteiger charge is -2.28. The van der Waals surface area contributed by atoms with E-state index >= 15 is 0 Å². The van der Waals surface area contributed by atoms with Crippen LogP contribution in [0.3, 0.4) is 0 Å². The Kier molecular flexibility index (Phi) is 5.86. The molecule has 0 bridgehead atoms. The highest BCUT2D eigenvalue weighted by Gasteiger charge is 2.54. The monoisotopic (exact) mass is 471 g/mol. The Morgan fingerprint density at radius 1 is 0.943 bits per heavy atom. The summed E-state index contributed by atoms with van der Waals surface area (Å²) in [6.45, 7) is 2.39. The third-order valence-electron chi connectivity index (χ3n) is 6.26. The minimum atomic E-state index is -1.40. The fraction of sp³-hybridized carbons (Fsp3) is 0.222. The van der Waals surface area contributed by atoms with Gasteiger partial charge in [-0.15, -0.1) is 0 Å². The van der Waals surface area contributed by atoms with E-state index in [1.54, 1.807) is 30.3 Å². The normalized spacial score (nSPS) is 17.0. The Balaban J connectivity index is 1.35. The first-order valence-corrected chi connectivity index (χ1v) is 11.4. The van der Waals surface area contributed by atoms with Gasteiger partial charge in [-0.25, -0.2) is 4.79 Å². The van der Waals surface area contributed by atoms with Crippen LogP contribution in [-0.4, -0.2) is 42.5 Å². The van der Waals surface area contributed by atoms with E-state index in [4.69, 9.17) is 9.47 Å². The van der Waals surface area contributed by atoms with Crippen molar-refractivity contribution in [1.82, 2.24) is 15.5 Å². The van der Waals surface area contributed by atoms with Crippen molar-refractivity contribution in [3.63, 3.8) is 0 Å². The van der Waals surface area contributed by atoms with Crippen molar-refractivity contribution in [3.8, 4) is 11.5 Å². The van der Waals surface area contributed by atoms with Crippen molar-refractivity contribution in [2.24, 2.45) is 0 Å². The maximum absolute atomic E-state index is 13.7. The quantitative estimate of drug-likeness (QED) is 0.539. The van der Waals surface area contributed by atoms with Crippen molar-refractivity contribution < 1.29 is 23.9 Å². The molecule has 0 aliphatic carbocycles. The van der Waals surface area contributed by atoms with E-state index in [0.717, 1.165) is 10.5 Å². The molecular weight excluding hydrogens is 446 g/mol. The van der Waals surface area contributed by atoms with E-state index in [9.17, 15) is 14.4 Å². The molecule has 35 heavy (non-hydrogen) atoms. The molecule has 0 unspecified atom stereocenters. The van der Waals surface area contributed by atoms with Crippen LogP contribution >= 0.6 is 0 Å². The number of urea groups is 1. The Hall–Kier alpha value is -4.33. The average Bonchev–Trinajstić information content (AvgIpc) is 3.15. The van der Waals surface area contributed by atoms with Crippen LogP contribution in [0.5, 0.6) is 11.5 Å². The molecule has 2 heterocycles. The van der Waals surface area contributed by atoms with Crippen LogP contribution in [0.2, 0.25) is 0 Å². The molecule has 8 heteroatoms. The number of hydrogen-bond acceptors (Lipinski definition) is 5. The lowest BCUT2D eigenvalue weighted by Crippen LogP contribution is -2.46. The van der Waals surface area contributed by atoms with E-state index in [2.05, 4.69) is 10.6 Å². The van der Waals surface area contributed by atoms with Crippen LogP contribution in [0.15, 0.2) is 78.9 Å². The second kappa shape index (κ2) is 9.13. The molecule has 8 nitrogen and oxygen atoms in total. The maximum Gasteiger partial charge on any atom is 0.326 e. The molecule has 178 valence electrons. The lowest BCUT2D eigenvalue weighted by molar-refractivity contribution is -0.134. The van der Waals surface area contributed by atoms with Gasteiger partial charge in [-0.2, -0.15) is 0 Å². The molecule has 3 aromatic rings. The smallest absolute Gasteiger partial charge is 0.326 e. The number of hydrogen-bond donors (Lipinski definition) is 2. The predicted octanol–water partition coefficient (Wildman–Crippen LogP) is 3.13. The lowest BCUT2D eigenvalue weighted by atomic mass is 9.82. The highest BCUT2D eigenvalue weighted by Crippen LogP contribution is 2.36. The van der Waals surface area contributed by atoms with Crippen LogP contribution in [0, 0.1) is 0 Å². The van der Waals surface area contributed by atoms with Crippen molar-refractivity contribution in [3.05, 3.63) is 95.6 Å². The second-order valence-corrected chi connectivity index (χ2v) is 8.50. The molecule has 2 aliphatic rings. The summed E-state index contributed by atoms with van der Waals surface area (Å²) in [5.74, 6) is 0.338. The summed E-state index contributed by atoms with van der Waals surface area (Å²) in [6, 6.07) is 22.6. The first kappa shape index (κ1) is 22.5. The minimum absolute atomic E-state index is 0.368. The number of nitrogens with zero attached hydrogens (tertiary/aromatic N) is 1. The molecule has 1 fully saturated rings. The number of carbonyl (C=O) groups excluding carboxylic acids is 3. The number of nitrogens with one attached hydrogen (secondary N) is 2. The van der Waals surface area contributed by atoms with Crippen molar-refractivity contribution >= 4 is 17.8 Å². The van der Waals surface area contributed by atoms with Gasteiger partial charge in [-0.3, -0.25) is 14.5 Å². The van der Waals surface area contributed by atoms with Crippen LogP contribution in [0.4, 0.5) is 4.79 Å². The second-order valence-electron chi connectivity index (χ2n) is 8.50. The van der Waals surface area contributed by atoms with Gasteiger partial charge in [0.25, 0.3) is 5.91 Å². The molecule has 0 aromatic heterocycles.